The van der Waals surface area contributed by atoms with Gasteiger partial charge in [0.1, 0.15) is 17.1 Å². The first-order valence-corrected chi connectivity index (χ1v) is 7.85. The Labute approximate surface area is 144 Å². The quantitative estimate of drug-likeness (QED) is 0.545. The molecule has 0 fully saturated rings. The lowest BCUT2D eigenvalue weighted by molar-refractivity contribution is -0.121. The van der Waals surface area contributed by atoms with Gasteiger partial charge in [-0.05, 0) is 31.2 Å². The van der Waals surface area contributed by atoms with E-state index >= 15 is 0 Å². The van der Waals surface area contributed by atoms with Crippen LogP contribution in [0.2, 0.25) is 0 Å². The van der Waals surface area contributed by atoms with Crippen molar-refractivity contribution in [2.45, 2.75) is 12.5 Å². The number of furan rings is 1. The number of aromatic nitrogens is 1. The first-order valence-electron chi connectivity index (χ1n) is 7.85. The topological polar surface area (TPSA) is 107 Å². The van der Waals surface area contributed by atoms with Crippen LogP contribution in [-0.2, 0) is 10.4 Å². The number of rotatable bonds is 6. The monoisotopic (exact) mass is 341 g/mol. The van der Waals surface area contributed by atoms with Gasteiger partial charge in [0.25, 0.3) is 5.91 Å². The molecule has 2 heterocycles. The molecule has 25 heavy (non-hydrogen) atoms. The number of carbonyl (C=O) groups excluding carboxylic acids is 2. The lowest BCUT2D eigenvalue weighted by Crippen LogP contribution is -2.43. The molecule has 130 valence electrons. The van der Waals surface area contributed by atoms with E-state index in [1.54, 1.807) is 18.2 Å². The van der Waals surface area contributed by atoms with Crippen LogP contribution in [0.3, 0.4) is 0 Å². The standard InChI is InChI=1S/C18H19N3O4/c1-18(24,15-7-4-8-25-15)11-20-16(22)10-19-17(23)14-9-12-5-2-3-6-13(12)21-14/h2-9,21,24H,10-11H2,1H3,(H,19,23)(H,20,22). The second-order valence-corrected chi connectivity index (χ2v) is 5.98. The minimum atomic E-state index is -1.32. The van der Waals surface area contributed by atoms with Crippen LogP contribution in [-0.4, -0.2) is 35.0 Å². The summed E-state index contributed by atoms with van der Waals surface area (Å²) in [6, 6.07) is 12.5. The average molecular weight is 341 g/mol. The highest BCUT2D eigenvalue weighted by atomic mass is 16.4. The summed E-state index contributed by atoms with van der Waals surface area (Å²) in [5.74, 6) is -0.421. The zero-order chi connectivity index (χ0) is 17.9. The maximum atomic E-state index is 12.1. The Balaban J connectivity index is 1.51. The highest BCUT2D eigenvalue weighted by molar-refractivity contribution is 5.99. The average Bonchev–Trinajstić information content (AvgIpc) is 3.27. The van der Waals surface area contributed by atoms with Gasteiger partial charge >= 0.3 is 0 Å². The number of carbonyl (C=O) groups is 2. The zero-order valence-corrected chi connectivity index (χ0v) is 13.7. The molecule has 1 unspecified atom stereocenters. The third kappa shape index (κ3) is 3.89. The third-order valence-corrected chi connectivity index (χ3v) is 3.87. The summed E-state index contributed by atoms with van der Waals surface area (Å²) >= 11 is 0. The second-order valence-electron chi connectivity index (χ2n) is 5.98. The molecule has 3 aromatic rings. The first kappa shape index (κ1) is 16.8. The van der Waals surface area contributed by atoms with Crippen molar-refractivity contribution < 1.29 is 19.1 Å². The lowest BCUT2D eigenvalue weighted by Gasteiger charge is -2.21. The largest absolute Gasteiger partial charge is 0.466 e. The molecule has 0 saturated heterocycles. The SMILES string of the molecule is CC(O)(CNC(=O)CNC(=O)c1cc2ccccc2[nH]1)c1ccco1. The van der Waals surface area contributed by atoms with E-state index in [9.17, 15) is 14.7 Å². The predicted molar refractivity (Wildman–Crippen MR) is 91.9 cm³/mol. The molecule has 2 amide bonds. The minimum absolute atomic E-state index is 0.0262. The number of H-pyrrole nitrogens is 1. The third-order valence-electron chi connectivity index (χ3n) is 3.87. The van der Waals surface area contributed by atoms with Crippen molar-refractivity contribution >= 4 is 22.7 Å². The molecule has 7 nitrogen and oxygen atoms in total. The van der Waals surface area contributed by atoms with Crippen molar-refractivity contribution in [2.24, 2.45) is 0 Å². The molecule has 2 aromatic heterocycles. The number of aliphatic hydroxyl groups is 1. The number of para-hydroxylation sites is 1. The van der Waals surface area contributed by atoms with Crippen molar-refractivity contribution in [3.63, 3.8) is 0 Å². The Morgan fingerprint density at radius 1 is 1.20 bits per heavy atom. The van der Waals surface area contributed by atoms with Gasteiger partial charge in [-0.3, -0.25) is 9.59 Å². The molecular weight excluding hydrogens is 322 g/mol. The van der Waals surface area contributed by atoms with Crippen LogP contribution >= 0.6 is 0 Å². The van der Waals surface area contributed by atoms with Gasteiger partial charge in [0.2, 0.25) is 5.91 Å². The van der Waals surface area contributed by atoms with E-state index in [2.05, 4.69) is 15.6 Å². The Kier molecular flexibility index (Phi) is 4.58. The van der Waals surface area contributed by atoms with E-state index in [1.807, 2.05) is 24.3 Å². The molecule has 0 radical (unpaired) electrons. The van der Waals surface area contributed by atoms with Gasteiger partial charge in [-0.25, -0.2) is 0 Å². The number of hydrogen-bond donors (Lipinski definition) is 4. The van der Waals surface area contributed by atoms with Crippen LogP contribution in [0.15, 0.2) is 53.1 Å². The molecule has 0 bridgehead atoms. The molecule has 4 N–H and O–H groups in total. The zero-order valence-electron chi connectivity index (χ0n) is 13.7. The van der Waals surface area contributed by atoms with E-state index in [1.165, 1.54) is 13.2 Å². The molecule has 3 rings (SSSR count). The Morgan fingerprint density at radius 2 is 2.00 bits per heavy atom. The molecule has 0 aliphatic carbocycles. The minimum Gasteiger partial charge on any atom is -0.466 e. The van der Waals surface area contributed by atoms with Crippen molar-refractivity contribution in [1.29, 1.82) is 0 Å². The number of amides is 2. The summed E-state index contributed by atoms with van der Waals surface area (Å²) in [6.07, 6.45) is 1.45. The van der Waals surface area contributed by atoms with Gasteiger partial charge in [0, 0.05) is 10.9 Å². The van der Waals surface area contributed by atoms with Crippen LogP contribution in [0.1, 0.15) is 23.2 Å². The Hall–Kier alpha value is -3.06. The predicted octanol–water partition coefficient (Wildman–Crippen LogP) is 1.51. The number of aromatic amines is 1. The van der Waals surface area contributed by atoms with Crippen LogP contribution < -0.4 is 10.6 Å². The van der Waals surface area contributed by atoms with E-state index in [-0.39, 0.29) is 19.0 Å². The summed E-state index contributed by atoms with van der Waals surface area (Å²) < 4.78 is 5.14. The van der Waals surface area contributed by atoms with Crippen LogP contribution in [0.25, 0.3) is 10.9 Å². The number of hydrogen-bond acceptors (Lipinski definition) is 4. The molecule has 0 aliphatic heterocycles. The highest BCUT2D eigenvalue weighted by Gasteiger charge is 2.26. The fourth-order valence-electron chi connectivity index (χ4n) is 2.46. The van der Waals surface area contributed by atoms with Crippen molar-refractivity contribution in [2.75, 3.05) is 13.1 Å². The fourth-order valence-corrected chi connectivity index (χ4v) is 2.46. The van der Waals surface area contributed by atoms with Gasteiger partial charge < -0.3 is 25.1 Å². The fraction of sp³-hybridized carbons (Fsp3) is 0.222. The number of fused-ring (bicyclic) bond motifs is 1. The highest BCUT2D eigenvalue weighted by Crippen LogP contribution is 2.19. The van der Waals surface area contributed by atoms with E-state index < -0.39 is 11.5 Å². The Morgan fingerprint density at radius 3 is 2.72 bits per heavy atom. The molecule has 1 aromatic carbocycles. The number of benzene rings is 1. The van der Waals surface area contributed by atoms with E-state index in [0.717, 1.165) is 10.9 Å². The second kappa shape index (κ2) is 6.82. The molecular formula is C18H19N3O4. The van der Waals surface area contributed by atoms with Crippen LogP contribution in [0.5, 0.6) is 0 Å². The van der Waals surface area contributed by atoms with Crippen molar-refractivity contribution in [3.05, 3.63) is 60.2 Å². The van der Waals surface area contributed by atoms with Crippen LogP contribution in [0.4, 0.5) is 0 Å². The first-order chi connectivity index (χ1) is 12.0. The summed E-state index contributed by atoms with van der Waals surface area (Å²) in [5, 5.41) is 16.3. The molecule has 0 spiro atoms. The maximum absolute atomic E-state index is 12.1. The smallest absolute Gasteiger partial charge is 0.268 e. The van der Waals surface area contributed by atoms with Gasteiger partial charge in [0.15, 0.2) is 0 Å². The van der Waals surface area contributed by atoms with E-state index in [0.29, 0.717) is 11.5 Å². The van der Waals surface area contributed by atoms with Gasteiger partial charge in [0.05, 0.1) is 19.4 Å². The summed E-state index contributed by atoms with van der Waals surface area (Å²) in [5.41, 5.74) is -0.0800. The van der Waals surface area contributed by atoms with Crippen LogP contribution in [0, 0.1) is 0 Å². The van der Waals surface area contributed by atoms with Crippen molar-refractivity contribution in [1.82, 2.24) is 15.6 Å². The van der Waals surface area contributed by atoms with Crippen molar-refractivity contribution in [3.8, 4) is 0 Å². The summed E-state index contributed by atoms with van der Waals surface area (Å²) in [4.78, 5) is 27.0. The summed E-state index contributed by atoms with van der Waals surface area (Å²) in [6.45, 7) is 1.32. The molecule has 0 aliphatic rings. The Bertz CT molecular complexity index is 848. The van der Waals surface area contributed by atoms with Gasteiger partial charge in [-0.1, -0.05) is 18.2 Å². The molecule has 0 saturated carbocycles. The lowest BCUT2D eigenvalue weighted by atomic mass is 10.0. The maximum Gasteiger partial charge on any atom is 0.268 e. The summed E-state index contributed by atoms with van der Waals surface area (Å²) in [7, 11) is 0. The van der Waals surface area contributed by atoms with Gasteiger partial charge in [-0.2, -0.15) is 0 Å². The van der Waals surface area contributed by atoms with E-state index in [4.69, 9.17) is 4.42 Å². The molecule has 7 heteroatoms. The number of nitrogens with one attached hydrogen (secondary N) is 3. The van der Waals surface area contributed by atoms with Gasteiger partial charge in [-0.15, -0.1) is 0 Å². The normalized spacial score (nSPS) is 13.4. The molecule has 1 atom stereocenters.